The minimum Gasteiger partial charge on any atom is -0.466 e. The number of nitrogens with two attached hydrogens (primary N) is 1. The average Bonchev–Trinajstić information content (AvgIpc) is 3.60. The Bertz CT molecular complexity index is 1340. The van der Waals surface area contributed by atoms with Crippen molar-refractivity contribution in [3.8, 4) is 0 Å². The van der Waals surface area contributed by atoms with Gasteiger partial charge in [-0.05, 0) is 69.4 Å². The van der Waals surface area contributed by atoms with Crippen LogP contribution >= 0.6 is 7.82 Å². The molecule has 0 radical (unpaired) electrons. The molecule has 0 spiro atoms. The average molecular weight is 830 g/mol. The maximum absolute atomic E-state index is 12.7. The quantitative estimate of drug-likeness (QED) is 0.0198. The Morgan fingerprint density at radius 2 is 1.46 bits per heavy atom. The van der Waals surface area contributed by atoms with Gasteiger partial charge in [0, 0.05) is 44.6 Å². The smallest absolute Gasteiger partial charge is 0.466 e. The Hall–Kier alpha value is -2.09. The van der Waals surface area contributed by atoms with Gasteiger partial charge in [0.05, 0.1) is 31.5 Å². The van der Waals surface area contributed by atoms with Crippen molar-refractivity contribution in [2.24, 2.45) is 17.6 Å². The van der Waals surface area contributed by atoms with E-state index in [4.69, 9.17) is 28.7 Å². The van der Waals surface area contributed by atoms with Crippen LogP contribution in [0.25, 0.3) is 0 Å². The Balaban J connectivity index is 1.70. The zero-order valence-corrected chi connectivity index (χ0v) is 36.3. The molecule has 13 nitrogen and oxygen atoms in total. The fourth-order valence-electron chi connectivity index (χ4n) is 7.42. The van der Waals surface area contributed by atoms with Crippen molar-refractivity contribution in [1.82, 2.24) is 0 Å². The summed E-state index contributed by atoms with van der Waals surface area (Å²) in [6.07, 6.45) is 17.5. The molecule has 1 fully saturated rings. The second-order valence-corrected chi connectivity index (χ2v) is 17.2. The van der Waals surface area contributed by atoms with E-state index in [2.05, 4.69) is 27.7 Å². The lowest BCUT2D eigenvalue weighted by molar-refractivity contribution is -0.161. The topological polar surface area (TPSA) is 208 Å². The fraction of sp³-hybridized carbons (Fsp3) is 0.814. The molecule has 1 unspecified atom stereocenters. The zero-order chi connectivity index (χ0) is 42.1. The number of hydrogen-bond acceptors (Lipinski definition) is 12. The van der Waals surface area contributed by atoms with E-state index >= 15 is 0 Å². The van der Waals surface area contributed by atoms with Crippen molar-refractivity contribution < 1.29 is 57.3 Å². The van der Waals surface area contributed by atoms with Crippen LogP contribution in [0, 0.1) is 25.7 Å². The molecule has 1 aliphatic rings. The number of furan rings is 1. The van der Waals surface area contributed by atoms with E-state index in [1.807, 2.05) is 6.08 Å². The molecule has 1 aliphatic carbocycles. The molecule has 1 saturated carbocycles. The van der Waals surface area contributed by atoms with Crippen LogP contribution in [0.1, 0.15) is 158 Å². The summed E-state index contributed by atoms with van der Waals surface area (Å²) in [4.78, 5) is 35.2. The van der Waals surface area contributed by atoms with Crippen molar-refractivity contribution in [2.75, 3.05) is 26.4 Å². The minimum absolute atomic E-state index is 0.0148. The molecule has 1 aromatic rings. The van der Waals surface area contributed by atoms with Gasteiger partial charge in [-0.25, -0.2) is 4.57 Å². The lowest BCUT2D eigenvalue weighted by Crippen LogP contribution is -2.29. The number of hydrogen-bond donors (Lipinski definition) is 5. The number of aliphatic hydroxyl groups is 3. The van der Waals surface area contributed by atoms with Crippen LogP contribution < -0.4 is 5.73 Å². The number of carbonyl (C=O) groups excluding carboxylic acids is 2. The summed E-state index contributed by atoms with van der Waals surface area (Å²) in [5.74, 6) is 0.912. The van der Waals surface area contributed by atoms with Crippen molar-refractivity contribution in [2.45, 2.75) is 187 Å². The number of ether oxygens (including phenoxy) is 2. The largest absolute Gasteiger partial charge is 0.472 e. The van der Waals surface area contributed by atoms with E-state index in [-0.39, 0.29) is 44.4 Å². The van der Waals surface area contributed by atoms with Crippen molar-refractivity contribution in [1.29, 1.82) is 0 Å². The lowest BCUT2D eigenvalue weighted by Gasteiger charge is -2.21. The predicted molar refractivity (Wildman–Crippen MR) is 220 cm³/mol. The molecule has 0 saturated heterocycles. The second kappa shape index (κ2) is 29.2. The number of phosphoric ester groups is 1. The summed E-state index contributed by atoms with van der Waals surface area (Å²) in [7, 11) is -4.44. The van der Waals surface area contributed by atoms with Gasteiger partial charge in [-0.1, -0.05) is 90.2 Å². The van der Waals surface area contributed by atoms with E-state index in [1.54, 1.807) is 6.08 Å². The Kier molecular flexibility index (Phi) is 26.1. The molecule has 14 heteroatoms. The van der Waals surface area contributed by atoms with Gasteiger partial charge in [-0.3, -0.25) is 18.6 Å². The third-order valence-corrected chi connectivity index (χ3v) is 11.9. The van der Waals surface area contributed by atoms with E-state index in [9.17, 15) is 34.4 Å². The molecule has 7 atom stereocenters. The number of aliphatic hydroxyl groups excluding tert-OH is 3. The van der Waals surface area contributed by atoms with Crippen LogP contribution in [-0.4, -0.2) is 82.9 Å². The van der Waals surface area contributed by atoms with E-state index in [1.165, 1.54) is 11.1 Å². The molecule has 0 aromatic carbocycles. The van der Waals surface area contributed by atoms with Crippen molar-refractivity contribution in [3.63, 3.8) is 0 Å². The maximum Gasteiger partial charge on any atom is 0.472 e. The number of esters is 2. The van der Waals surface area contributed by atoms with Gasteiger partial charge in [0.25, 0.3) is 0 Å². The van der Waals surface area contributed by atoms with Crippen LogP contribution in [0.5, 0.6) is 0 Å². The van der Waals surface area contributed by atoms with Gasteiger partial charge in [-0.15, -0.1) is 0 Å². The molecule has 1 heterocycles. The van der Waals surface area contributed by atoms with Crippen LogP contribution in [-0.2, 0) is 45.5 Å². The standard InChI is InChI=1S/C43H76NO12P/c1-5-7-14-20-34(45)25-26-37-36(38(46)29-39(37)47)21-15-12-13-17-23-42(48)52-30-35(31-54-57(50,51)53-28-27-44)55-43(49)24-18-11-9-8-10-16-22-41-33(4)32(3)40(56-41)19-6-2/h25-26,34-39,45-47H,5-24,27-31,44H2,1-4H3,(H,50,51)/b26-25+/t34-,35+,36+,37+,38-,39+/m0/s1. The maximum atomic E-state index is 12.7. The van der Waals surface area contributed by atoms with E-state index < -0.39 is 50.8 Å². The predicted octanol–water partition coefficient (Wildman–Crippen LogP) is 7.87. The first-order valence-electron chi connectivity index (χ1n) is 21.8. The van der Waals surface area contributed by atoms with Gasteiger partial charge in [0.15, 0.2) is 6.10 Å². The Labute approximate surface area is 342 Å². The first-order valence-corrected chi connectivity index (χ1v) is 23.3. The summed E-state index contributed by atoms with van der Waals surface area (Å²) >= 11 is 0. The SMILES string of the molecule is CCCCC[C@H](O)/C=C/[C@@H]1[C@@H](CCCCCCC(=O)OC[C@H](COP(=O)(O)OCCN)OC(=O)CCCCCCCCc2oc(CCC)c(C)c2C)[C@@H](O)C[C@H]1O. The van der Waals surface area contributed by atoms with Gasteiger partial charge in [0.1, 0.15) is 18.1 Å². The molecule has 0 amide bonds. The molecule has 57 heavy (non-hydrogen) atoms. The molecular formula is C43H76NO12P. The van der Waals surface area contributed by atoms with Gasteiger partial charge >= 0.3 is 19.8 Å². The van der Waals surface area contributed by atoms with Gasteiger partial charge in [0.2, 0.25) is 0 Å². The van der Waals surface area contributed by atoms with Gasteiger partial charge in [-0.2, -0.15) is 0 Å². The highest BCUT2D eigenvalue weighted by Crippen LogP contribution is 2.43. The third kappa shape index (κ3) is 21.1. The summed E-state index contributed by atoms with van der Waals surface area (Å²) in [5.41, 5.74) is 7.88. The molecule has 1 aromatic heterocycles. The highest BCUT2D eigenvalue weighted by atomic mass is 31.2. The number of carbonyl (C=O) groups is 2. The molecular weight excluding hydrogens is 753 g/mol. The molecule has 0 bridgehead atoms. The summed E-state index contributed by atoms with van der Waals surface area (Å²) in [6, 6.07) is 0. The molecule has 2 rings (SSSR count). The fourth-order valence-corrected chi connectivity index (χ4v) is 8.19. The van der Waals surface area contributed by atoms with Crippen molar-refractivity contribution >= 4 is 19.8 Å². The van der Waals surface area contributed by atoms with Crippen LogP contribution in [0.3, 0.4) is 0 Å². The summed E-state index contributed by atoms with van der Waals surface area (Å²) in [5, 5.41) is 31.4. The first kappa shape index (κ1) is 51.1. The van der Waals surface area contributed by atoms with Crippen LogP contribution in [0.2, 0.25) is 0 Å². The number of unbranched alkanes of at least 4 members (excludes halogenated alkanes) is 10. The first-order chi connectivity index (χ1) is 27.3. The monoisotopic (exact) mass is 830 g/mol. The summed E-state index contributed by atoms with van der Waals surface area (Å²) < 4.78 is 38.9. The van der Waals surface area contributed by atoms with E-state index in [0.717, 1.165) is 108 Å². The van der Waals surface area contributed by atoms with Crippen LogP contribution in [0.4, 0.5) is 0 Å². The Morgan fingerprint density at radius 3 is 2.12 bits per heavy atom. The van der Waals surface area contributed by atoms with E-state index in [0.29, 0.717) is 25.7 Å². The lowest BCUT2D eigenvalue weighted by atomic mass is 9.88. The normalized spacial score (nSPS) is 20.5. The molecule has 330 valence electrons. The molecule has 0 aliphatic heterocycles. The number of rotatable bonds is 33. The minimum atomic E-state index is -4.44. The Morgan fingerprint density at radius 1 is 0.825 bits per heavy atom. The molecule has 6 N–H and O–H groups in total. The van der Waals surface area contributed by atoms with Crippen molar-refractivity contribution in [3.05, 3.63) is 34.8 Å². The third-order valence-electron chi connectivity index (χ3n) is 10.9. The highest BCUT2D eigenvalue weighted by molar-refractivity contribution is 7.47. The second-order valence-electron chi connectivity index (χ2n) is 15.8. The number of aryl methyl sites for hydroxylation is 2. The van der Waals surface area contributed by atoms with Gasteiger partial charge < -0.3 is 39.8 Å². The zero-order valence-electron chi connectivity index (χ0n) is 35.4. The highest BCUT2D eigenvalue weighted by Gasteiger charge is 2.39. The van der Waals surface area contributed by atoms with Crippen LogP contribution in [0.15, 0.2) is 16.6 Å². The number of phosphoric acid groups is 1. The summed E-state index contributed by atoms with van der Waals surface area (Å²) in [6.45, 7) is 7.52.